The number of anilines is 1. The smallest absolute Gasteiger partial charge is 0.333 e. The average Bonchev–Trinajstić information content (AvgIpc) is 2.04. The highest BCUT2D eigenvalue weighted by Crippen LogP contribution is 2.24. The summed E-state index contributed by atoms with van der Waals surface area (Å²) in [5, 5.41) is 10.4. The SMILES string of the molecule is COc1ncc(N)cc1[N+](=O)[O-]. The summed E-state index contributed by atoms with van der Waals surface area (Å²) < 4.78 is 4.65. The molecule has 0 aliphatic heterocycles. The first kappa shape index (κ1) is 8.25. The van der Waals surface area contributed by atoms with Gasteiger partial charge < -0.3 is 10.5 Å². The van der Waals surface area contributed by atoms with Crippen molar-refractivity contribution in [2.75, 3.05) is 12.8 Å². The number of aromatic nitrogens is 1. The molecule has 12 heavy (non-hydrogen) atoms. The lowest BCUT2D eigenvalue weighted by Gasteiger charge is -1.99. The number of hydrogen-bond acceptors (Lipinski definition) is 5. The Kier molecular flexibility index (Phi) is 2.09. The molecule has 0 fully saturated rings. The van der Waals surface area contributed by atoms with Gasteiger partial charge in [0.1, 0.15) is 0 Å². The van der Waals surface area contributed by atoms with Crippen LogP contribution in [0.1, 0.15) is 0 Å². The van der Waals surface area contributed by atoms with Crippen LogP contribution in [0.5, 0.6) is 5.88 Å². The molecule has 1 aromatic rings. The monoisotopic (exact) mass is 169 g/mol. The van der Waals surface area contributed by atoms with Crippen LogP contribution in [0.2, 0.25) is 0 Å². The normalized spacial score (nSPS) is 9.42. The molecule has 6 heteroatoms. The molecule has 0 aromatic carbocycles. The van der Waals surface area contributed by atoms with Gasteiger partial charge in [0.15, 0.2) is 0 Å². The number of pyridine rings is 1. The topological polar surface area (TPSA) is 91.3 Å². The highest BCUT2D eigenvalue weighted by atomic mass is 16.6. The van der Waals surface area contributed by atoms with E-state index < -0.39 is 4.92 Å². The summed E-state index contributed by atoms with van der Waals surface area (Å²) >= 11 is 0. The van der Waals surface area contributed by atoms with Gasteiger partial charge in [-0.3, -0.25) is 10.1 Å². The lowest BCUT2D eigenvalue weighted by Crippen LogP contribution is -1.97. The van der Waals surface area contributed by atoms with Crippen LogP contribution in [-0.2, 0) is 0 Å². The van der Waals surface area contributed by atoms with E-state index in [2.05, 4.69) is 9.72 Å². The zero-order valence-electron chi connectivity index (χ0n) is 6.35. The molecule has 0 radical (unpaired) electrons. The van der Waals surface area contributed by atoms with Crippen molar-refractivity contribution in [3.8, 4) is 5.88 Å². The lowest BCUT2D eigenvalue weighted by molar-refractivity contribution is -0.386. The minimum absolute atomic E-state index is 0.0331. The van der Waals surface area contributed by atoms with E-state index in [0.717, 1.165) is 0 Å². The minimum Gasteiger partial charge on any atom is -0.476 e. The molecule has 0 saturated carbocycles. The van der Waals surface area contributed by atoms with Crippen molar-refractivity contribution in [3.63, 3.8) is 0 Å². The van der Waals surface area contributed by atoms with Gasteiger partial charge in [0.2, 0.25) is 0 Å². The van der Waals surface area contributed by atoms with Gasteiger partial charge in [-0.1, -0.05) is 0 Å². The first-order valence-electron chi connectivity index (χ1n) is 3.09. The molecule has 0 unspecified atom stereocenters. The largest absolute Gasteiger partial charge is 0.476 e. The summed E-state index contributed by atoms with van der Waals surface area (Å²) in [5.74, 6) is -0.0331. The Bertz CT molecular complexity index is 313. The second-order valence-corrected chi connectivity index (χ2v) is 2.05. The third kappa shape index (κ3) is 1.42. The summed E-state index contributed by atoms with van der Waals surface area (Å²) in [6.07, 6.45) is 1.30. The number of nitrogen functional groups attached to an aromatic ring is 1. The van der Waals surface area contributed by atoms with Crippen molar-refractivity contribution in [2.45, 2.75) is 0 Å². The number of rotatable bonds is 2. The Morgan fingerprint density at radius 2 is 2.42 bits per heavy atom. The summed E-state index contributed by atoms with van der Waals surface area (Å²) in [5.41, 5.74) is 5.31. The molecular weight excluding hydrogens is 162 g/mol. The fourth-order valence-electron chi connectivity index (χ4n) is 0.744. The van der Waals surface area contributed by atoms with Crippen LogP contribution in [-0.4, -0.2) is 17.0 Å². The second kappa shape index (κ2) is 3.04. The first-order valence-corrected chi connectivity index (χ1v) is 3.09. The number of hydrogen-bond donors (Lipinski definition) is 1. The molecule has 64 valence electrons. The molecule has 0 spiro atoms. The predicted octanol–water partition coefficient (Wildman–Crippen LogP) is 0.581. The van der Waals surface area contributed by atoms with Crippen LogP contribution < -0.4 is 10.5 Å². The maximum Gasteiger partial charge on any atom is 0.333 e. The zero-order valence-corrected chi connectivity index (χ0v) is 6.35. The van der Waals surface area contributed by atoms with E-state index in [1.54, 1.807) is 0 Å². The maximum atomic E-state index is 10.4. The van der Waals surface area contributed by atoms with E-state index in [0.29, 0.717) is 0 Å². The van der Waals surface area contributed by atoms with Gasteiger partial charge in [-0.25, -0.2) is 4.98 Å². The molecule has 0 amide bonds. The number of methoxy groups -OCH3 is 1. The Balaban J connectivity index is 3.21. The van der Waals surface area contributed by atoms with Gasteiger partial charge in [0.25, 0.3) is 5.88 Å². The molecular formula is C6H7N3O3. The molecule has 0 bridgehead atoms. The van der Waals surface area contributed by atoms with Crippen molar-refractivity contribution in [2.24, 2.45) is 0 Å². The standard InChI is InChI=1S/C6H7N3O3/c1-12-6-5(9(10)11)2-4(7)3-8-6/h2-3H,7H2,1H3. The predicted molar refractivity (Wildman–Crippen MR) is 41.9 cm³/mol. The molecule has 0 aliphatic carbocycles. The van der Waals surface area contributed by atoms with E-state index in [9.17, 15) is 10.1 Å². The van der Waals surface area contributed by atoms with Crippen LogP contribution >= 0.6 is 0 Å². The average molecular weight is 169 g/mol. The van der Waals surface area contributed by atoms with E-state index in [1.807, 2.05) is 0 Å². The summed E-state index contributed by atoms with van der Waals surface area (Å²) in [7, 11) is 1.31. The molecule has 1 heterocycles. The highest BCUT2D eigenvalue weighted by Gasteiger charge is 2.15. The van der Waals surface area contributed by atoms with E-state index in [1.165, 1.54) is 19.4 Å². The molecule has 0 saturated heterocycles. The van der Waals surface area contributed by atoms with E-state index in [4.69, 9.17) is 5.73 Å². The van der Waals surface area contributed by atoms with Crippen molar-refractivity contribution < 1.29 is 9.66 Å². The fraction of sp³-hybridized carbons (Fsp3) is 0.167. The molecule has 0 aliphatic rings. The Labute approximate surface area is 68.1 Å². The van der Waals surface area contributed by atoms with Gasteiger partial charge in [-0.05, 0) is 0 Å². The maximum absolute atomic E-state index is 10.4. The van der Waals surface area contributed by atoms with Crippen LogP contribution in [0.15, 0.2) is 12.3 Å². The third-order valence-corrected chi connectivity index (χ3v) is 1.24. The van der Waals surface area contributed by atoms with Crippen LogP contribution in [0, 0.1) is 10.1 Å². The summed E-state index contributed by atoms with van der Waals surface area (Å²) in [4.78, 5) is 13.4. The number of nitrogens with zero attached hydrogens (tertiary/aromatic N) is 2. The lowest BCUT2D eigenvalue weighted by atomic mass is 10.4. The number of nitrogens with two attached hydrogens (primary N) is 1. The number of ether oxygens (including phenoxy) is 1. The first-order chi connectivity index (χ1) is 5.65. The number of nitro groups is 1. The minimum atomic E-state index is -0.595. The molecule has 0 atom stereocenters. The summed E-state index contributed by atoms with van der Waals surface area (Å²) in [6, 6.07) is 1.20. The molecule has 1 aromatic heterocycles. The van der Waals surface area contributed by atoms with Gasteiger partial charge in [-0.2, -0.15) is 0 Å². The van der Waals surface area contributed by atoms with E-state index in [-0.39, 0.29) is 17.3 Å². The van der Waals surface area contributed by atoms with Crippen molar-refractivity contribution in [1.82, 2.24) is 4.98 Å². The van der Waals surface area contributed by atoms with Gasteiger partial charge >= 0.3 is 5.69 Å². The second-order valence-electron chi connectivity index (χ2n) is 2.05. The van der Waals surface area contributed by atoms with Crippen molar-refractivity contribution >= 4 is 11.4 Å². The van der Waals surface area contributed by atoms with Crippen molar-refractivity contribution in [1.29, 1.82) is 0 Å². The fourth-order valence-corrected chi connectivity index (χ4v) is 0.744. The quantitative estimate of drug-likeness (QED) is 0.516. The zero-order chi connectivity index (χ0) is 9.14. The molecule has 1 rings (SSSR count). The summed E-state index contributed by atoms with van der Waals surface area (Å²) in [6.45, 7) is 0. The Morgan fingerprint density at radius 3 is 2.92 bits per heavy atom. The third-order valence-electron chi connectivity index (χ3n) is 1.24. The van der Waals surface area contributed by atoms with Crippen molar-refractivity contribution in [3.05, 3.63) is 22.4 Å². The highest BCUT2D eigenvalue weighted by molar-refractivity contribution is 5.51. The van der Waals surface area contributed by atoms with Gasteiger partial charge in [0, 0.05) is 6.07 Å². The Hall–Kier alpha value is -1.85. The molecule has 6 nitrogen and oxygen atoms in total. The van der Waals surface area contributed by atoms with Gasteiger partial charge in [-0.15, -0.1) is 0 Å². The van der Waals surface area contributed by atoms with Crippen LogP contribution in [0.4, 0.5) is 11.4 Å². The Morgan fingerprint density at radius 1 is 1.75 bits per heavy atom. The van der Waals surface area contributed by atoms with Crippen LogP contribution in [0.3, 0.4) is 0 Å². The van der Waals surface area contributed by atoms with Gasteiger partial charge in [0.05, 0.1) is 23.9 Å². The molecule has 2 N–H and O–H groups in total. The van der Waals surface area contributed by atoms with Crippen LogP contribution in [0.25, 0.3) is 0 Å². The van der Waals surface area contributed by atoms with E-state index >= 15 is 0 Å².